The monoisotopic (exact) mass is 443 g/mol. The summed E-state index contributed by atoms with van der Waals surface area (Å²) in [6, 6.07) is 12.8. The molecule has 27 heavy (non-hydrogen) atoms. The molecular formula is C19H14BrN3O3S. The predicted molar refractivity (Wildman–Crippen MR) is 107 cm³/mol. The van der Waals surface area contributed by atoms with Crippen LogP contribution in [-0.4, -0.2) is 23.0 Å². The maximum absolute atomic E-state index is 13.1. The standard InChI is InChI=1S/C19H14BrN3O3S/c1-25-13-4-6-16-14(9-13)22-19(27-16)23(11-12-3-2-8-21-10-12)18(24)15-5-7-17(20)26-15/h2-10H,11H2,1H3. The van der Waals surface area contributed by atoms with Crippen LogP contribution in [0.15, 0.2) is 63.9 Å². The number of fused-ring (bicyclic) bond motifs is 1. The molecule has 0 radical (unpaired) electrons. The fourth-order valence-corrected chi connectivity index (χ4v) is 3.85. The molecule has 3 aromatic heterocycles. The lowest BCUT2D eigenvalue weighted by molar-refractivity contribution is 0.0957. The highest BCUT2D eigenvalue weighted by Gasteiger charge is 2.24. The fraction of sp³-hybridized carbons (Fsp3) is 0.105. The number of hydrogen-bond acceptors (Lipinski definition) is 6. The molecule has 0 aliphatic heterocycles. The van der Waals surface area contributed by atoms with Crippen LogP contribution >= 0.6 is 27.3 Å². The third kappa shape index (κ3) is 3.72. The van der Waals surface area contributed by atoms with Gasteiger partial charge in [-0.15, -0.1) is 0 Å². The Kier molecular flexibility index (Phi) is 4.91. The minimum Gasteiger partial charge on any atom is -0.497 e. The molecule has 0 saturated heterocycles. The Balaban J connectivity index is 1.75. The third-order valence-corrected chi connectivity index (χ3v) is 5.39. The number of carbonyl (C=O) groups excluding carboxylic acids is 1. The first-order valence-corrected chi connectivity index (χ1v) is 9.65. The lowest BCUT2D eigenvalue weighted by Gasteiger charge is -2.18. The molecule has 1 aromatic carbocycles. The van der Waals surface area contributed by atoms with Gasteiger partial charge in [0.2, 0.25) is 0 Å². The van der Waals surface area contributed by atoms with E-state index in [1.807, 2.05) is 30.3 Å². The minimum atomic E-state index is -0.268. The summed E-state index contributed by atoms with van der Waals surface area (Å²) < 4.78 is 12.2. The van der Waals surface area contributed by atoms with Crippen LogP contribution in [0.4, 0.5) is 5.13 Å². The average molecular weight is 444 g/mol. The van der Waals surface area contributed by atoms with E-state index in [2.05, 4.69) is 25.9 Å². The first-order chi connectivity index (χ1) is 13.1. The number of hydrogen-bond donors (Lipinski definition) is 0. The number of ether oxygens (including phenoxy) is 1. The van der Waals surface area contributed by atoms with E-state index in [-0.39, 0.29) is 11.7 Å². The van der Waals surface area contributed by atoms with Gasteiger partial charge in [-0.2, -0.15) is 0 Å². The van der Waals surface area contributed by atoms with Gasteiger partial charge in [-0.05, 0) is 51.8 Å². The SMILES string of the molecule is COc1ccc2sc(N(Cc3cccnc3)C(=O)c3ccc(Br)o3)nc2c1. The Labute approximate surface area is 167 Å². The van der Waals surface area contributed by atoms with Gasteiger partial charge in [-0.3, -0.25) is 14.7 Å². The molecular weight excluding hydrogens is 430 g/mol. The number of amides is 1. The van der Waals surface area contributed by atoms with Gasteiger partial charge in [0.1, 0.15) is 5.75 Å². The second kappa shape index (κ2) is 7.50. The molecule has 0 aliphatic carbocycles. The largest absolute Gasteiger partial charge is 0.497 e. The molecule has 4 aromatic rings. The van der Waals surface area contributed by atoms with Crippen molar-refractivity contribution in [2.24, 2.45) is 0 Å². The average Bonchev–Trinajstić information content (AvgIpc) is 3.31. The van der Waals surface area contributed by atoms with Crippen molar-refractivity contribution in [2.75, 3.05) is 12.0 Å². The van der Waals surface area contributed by atoms with Gasteiger partial charge in [0.05, 0.1) is 23.9 Å². The molecule has 0 spiro atoms. The van der Waals surface area contributed by atoms with Crippen molar-refractivity contribution in [2.45, 2.75) is 6.54 Å². The minimum absolute atomic E-state index is 0.239. The van der Waals surface area contributed by atoms with Gasteiger partial charge in [0.25, 0.3) is 5.91 Å². The summed E-state index contributed by atoms with van der Waals surface area (Å²) in [5, 5.41) is 0.583. The molecule has 0 N–H and O–H groups in total. The smallest absolute Gasteiger partial charge is 0.296 e. The molecule has 3 heterocycles. The van der Waals surface area contributed by atoms with Gasteiger partial charge in [0.15, 0.2) is 15.6 Å². The van der Waals surface area contributed by atoms with Crippen LogP contribution in [-0.2, 0) is 6.54 Å². The summed E-state index contributed by atoms with van der Waals surface area (Å²) in [4.78, 5) is 23.5. The van der Waals surface area contributed by atoms with Gasteiger partial charge >= 0.3 is 0 Å². The van der Waals surface area contributed by atoms with Gasteiger partial charge in [-0.1, -0.05) is 17.4 Å². The van der Waals surface area contributed by atoms with Crippen molar-refractivity contribution in [3.8, 4) is 5.75 Å². The maximum atomic E-state index is 13.1. The van der Waals surface area contributed by atoms with E-state index < -0.39 is 0 Å². The molecule has 136 valence electrons. The van der Waals surface area contributed by atoms with Crippen molar-refractivity contribution in [3.05, 3.63) is 70.9 Å². The second-order valence-electron chi connectivity index (χ2n) is 5.69. The molecule has 0 unspecified atom stereocenters. The van der Waals surface area contributed by atoms with Crippen molar-refractivity contribution in [1.82, 2.24) is 9.97 Å². The Bertz CT molecular complexity index is 1090. The van der Waals surface area contributed by atoms with E-state index in [1.54, 1.807) is 36.5 Å². The predicted octanol–water partition coefficient (Wildman–Crippen LogP) is 4.90. The number of furan rings is 1. The number of thiazole rings is 1. The molecule has 0 fully saturated rings. The quantitative estimate of drug-likeness (QED) is 0.438. The summed E-state index contributed by atoms with van der Waals surface area (Å²) in [5.74, 6) is 0.692. The number of anilines is 1. The Morgan fingerprint density at radius 3 is 2.89 bits per heavy atom. The van der Waals surface area contributed by atoms with Crippen LogP contribution in [0.3, 0.4) is 0 Å². The number of methoxy groups -OCH3 is 1. The van der Waals surface area contributed by atoms with E-state index in [0.717, 1.165) is 21.5 Å². The normalized spacial score (nSPS) is 10.9. The first-order valence-electron chi connectivity index (χ1n) is 8.05. The van der Waals surface area contributed by atoms with E-state index in [4.69, 9.17) is 9.15 Å². The number of aromatic nitrogens is 2. The maximum Gasteiger partial charge on any atom is 0.296 e. The van der Waals surface area contributed by atoms with Gasteiger partial charge < -0.3 is 9.15 Å². The zero-order chi connectivity index (χ0) is 18.8. The number of nitrogens with zero attached hydrogens (tertiary/aromatic N) is 3. The summed E-state index contributed by atoms with van der Waals surface area (Å²) in [5.41, 5.74) is 1.67. The molecule has 0 saturated carbocycles. The zero-order valence-corrected chi connectivity index (χ0v) is 16.7. The molecule has 8 heteroatoms. The molecule has 6 nitrogen and oxygen atoms in total. The second-order valence-corrected chi connectivity index (χ2v) is 7.48. The van der Waals surface area contributed by atoms with E-state index in [9.17, 15) is 4.79 Å². The highest BCUT2D eigenvalue weighted by molar-refractivity contribution is 9.10. The van der Waals surface area contributed by atoms with Crippen molar-refractivity contribution < 1.29 is 13.9 Å². The summed E-state index contributed by atoms with van der Waals surface area (Å²) >= 11 is 4.68. The molecule has 0 aliphatic rings. The van der Waals surface area contributed by atoms with Crippen molar-refractivity contribution in [3.63, 3.8) is 0 Å². The zero-order valence-electron chi connectivity index (χ0n) is 14.3. The van der Waals surface area contributed by atoms with Crippen LogP contribution in [0.5, 0.6) is 5.75 Å². The van der Waals surface area contributed by atoms with E-state index >= 15 is 0 Å². The Morgan fingerprint density at radius 1 is 1.30 bits per heavy atom. The first kappa shape index (κ1) is 17.7. The van der Waals surface area contributed by atoms with Crippen LogP contribution in [0.25, 0.3) is 10.2 Å². The third-order valence-electron chi connectivity index (χ3n) is 3.91. The molecule has 0 atom stereocenters. The molecule has 0 bridgehead atoms. The van der Waals surface area contributed by atoms with Crippen molar-refractivity contribution in [1.29, 1.82) is 0 Å². The Morgan fingerprint density at radius 2 is 2.19 bits per heavy atom. The summed E-state index contributed by atoms with van der Waals surface area (Å²) in [7, 11) is 1.61. The van der Waals surface area contributed by atoms with Gasteiger partial charge in [0, 0.05) is 18.5 Å². The highest BCUT2D eigenvalue weighted by atomic mass is 79.9. The van der Waals surface area contributed by atoms with Crippen LogP contribution < -0.4 is 9.64 Å². The molecule has 1 amide bonds. The van der Waals surface area contributed by atoms with Crippen molar-refractivity contribution >= 4 is 48.5 Å². The lowest BCUT2D eigenvalue weighted by Crippen LogP contribution is -2.30. The van der Waals surface area contributed by atoms with E-state index in [0.29, 0.717) is 16.3 Å². The van der Waals surface area contributed by atoms with Crippen LogP contribution in [0.2, 0.25) is 0 Å². The number of carbonyl (C=O) groups is 1. The topological polar surface area (TPSA) is 68.5 Å². The summed E-state index contributed by atoms with van der Waals surface area (Å²) in [6.45, 7) is 0.335. The summed E-state index contributed by atoms with van der Waals surface area (Å²) in [6.07, 6.45) is 3.43. The number of benzene rings is 1. The lowest BCUT2D eigenvalue weighted by atomic mass is 10.2. The van der Waals surface area contributed by atoms with Crippen LogP contribution in [0.1, 0.15) is 16.1 Å². The highest BCUT2D eigenvalue weighted by Crippen LogP contribution is 2.33. The Hall–Kier alpha value is -2.71. The van der Waals surface area contributed by atoms with Crippen LogP contribution in [0, 0.1) is 0 Å². The number of halogens is 1. The molecule has 4 rings (SSSR count). The fourth-order valence-electron chi connectivity index (χ4n) is 2.60. The number of rotatable bonds is 5. The number of pyridine rings is 1. The van der Waals surface area contributed by atoms with Gasteiger partial charge in [-0.25, -0.2) is 4.98 Å². The van der Waals surface area contributed by atoms with E-state index in [1.165, 1.54) is 11.3 Å².